The number of benzene rings is 1. The van der Waals surface area contributed by atoms with Crippen molar-refractivity contribution in [3.63, 3.8) is 0 Å². The van der Waals surface area contributed by atoms with Crippen molar-refractivity contribution in [2.45, 2.75) is 25.3 Å². The molecular weight excluding hydrogens is 282 g/mol. The zero-order valence-corrected chi connectivity index (χ0v) is 12.3. The average Bonchev–Trinajstić information content (AvgIpc) is 3.13. The first-order valence-electron chi connectivity index (χ1n) is 7.57. The number of carbonyl (C=O) groups is 3. The van der Waals surface area contributed by atoms with Gasteiger partial charge in [-0.1, -0.05) is 30.3 Å². The number of rotatable bonds is 4. The minimum atomic E-state index is -0.339. The Bertz CT molecular complexity index is 572. The molecule has 1 aromatic rings. The molecule has 0 bridgehead atoms. The van der Waals surface area contributed by atoms with Crippen molar-refractivity contribution in [3.05, 3.63) is 35.9 Å². The van der Waals surface area contributed by atoms with E-state index in [0.29, 0.717) is 32.4 Å². The minimum Gasteiger partial charge on any atom is -0.341 e. The number of amides is 4. The molecule has 0 aliphatic carbocycles. The third-order valence-corrected chi connectivity index (χ3v) is 4.23. The Labute approximate surface area is 129 Å². The molecule has 0 radical (unpaired) electrons. The summed E-state index contributed by atoms with van der Waals surface area (Å²) < 4.78 is 0. The lowest BCUT2D eigenvalue weighted by Gasteiger charge is -2.21. The van der Waals surface area contributed by atoms with Gasteiger partial charge in [-0.3, -0.25) is 14.5 Å². The lowest BCUT2D eigenvalue weighted by molar-refractivity contribution is -0.131. The fourth-order valence-electron chi connectivity index (χ4n) is 3.04. The van der Waals surface area contributed by atoms with Gasteiger partial charge in [0.1, 0.15) is 0 Å². The normalized spacial score (nSPS) is 21.4. The van der Waals surface area contributed by atoms with Gasteiger partial charge in [0.2, 0.25) is 11.8 Å². The highest BCUT2D eigenvalue weighted by molar-refractivity contribution is 6.02. The topological polar surface area (TPSA) is 69.7 Å². The number of hydrogen-bond donors (Lipinski definition) is 1. The van der Waals surface area contributed by atoms with Crippen molar-refractivity contribution in [2.24, 2.45) is 0 Å². The molecule has 1 unspecified atom stereocenters. The van der Waals surface area contributed by atoms with Crippen LogP contribution in [0.1, 0.15) is 18.4 Å². The summed E-state index contributed by atoms with van der Waals surface area (Å²) in [6, 6.07) is 9.37. The van der Waals surface area contributed by atoms with E-state index in [4.69, 9.17) is 0 Å². The summed E-state index contributed by atoms with van der Waals surface area (Å²) in [5.41, 5.74) is 1.14. The van der Waals surface area contributed by atoms with Gasteiger partial charge in [0.25, 0.3) is 0 Å². The van der Waals surface area contributed by atoms with Gasteiger partial charge in [-0.05, 0) is 18.4 Å². The Morgan fingerprint density at radius 3 is 2.68 bits per heavy atom. The predicted octanol–water partition coefficient (Wildman–Crippen LogP) is 0.772. The highest BCUT2D eigenvalue weighted by Crippen LogP contribution is 2.19. The predicted molar refractivity (Wildman–Crippen MR) is 80.0 cm³/mol. The fourth-order valence-corrected chi connectivity index (χ4v) is 3.04. The Kier molecular flexibility index (Phi) is 4.09. The van der Waals surface area contributed by atoms with Crippen LogP contribution in [-0.2, 0) is 16.0 Å². The molecule has 0 spiro atoms. The van der Waals surface area contributed by atoms with Crippen molar-refractivity contribution in [1.82, 2.24) is 15.1 Å². The van der Waals surface area contributed by atoms with E-state index < -0.39 is 0 Å². The lowest BCUT2D eigenvalue weighted by Crippen LogP contribution is -2.42. The molecule has 3 rings (SSSR count). The number of carbonyl (C=O) groups excluding carboxylic acids is 3. The van der Waals surface area contributed by atoms with Crippen LogP contribution >= 0.6 is 0 Å². The summed E-state index contributed by atoms with van der Waals surface area (Å²) in [4.78, 5) is 38.6. The van der Waals surface area contributed by atoms with Gasteiger partial charge < -0.3 is 10.2 Å². The molecule has 2 aliphatic heterocycles. The molecule has 6 nitrogen and oxygen atoms in total. The Hall–Kier alpha value is -2.37. The van der Waals surface area contributed by atoms with Gasteiger partial charge in [0.15, 0.2) is 0 Å². The van der Waals surface area contributed by atoms with Crippen LogP contribution in [0.15, 0.2) is 30.3 Å². The summed E-state index contributed by atoms with van der Waals surface area (Å²) in [7, 11) is 0. The van der Waals surface area contributed by atoms with E-state index in [-0.39, 0.29) is 30.4 Å². The third-order valence-electron chi connectivity index (χ3n) is 4.23. The summed E-state index contributed by atoms with van der Waals surface area (Å²) >= 11 is 0. The highest BCUT2D eigenvalue weighted by atomic mass is 16.2. The van der Waals surface area contributed by atoms with Gasteiger partial charge in [-0.2, -0.15) is 0 Å². The second kappa shape index (κ2) is 6.17. The minimum absolute atomic E-state index is 0.0668. The molecule has 2 fully saturated rings. The molecule has 6 heteroatoms. The summed E-state index contributed by atoms with van der Waals surface area (Å²) in [5, 5.41) is 2.52. The summed E-state index contributed by atoms with van der Waals surface area (Å²) in [5.74, 6) is -0.119. The van der Waals surface area contributed by atoms with Crippen LogP contribution in [0.25, 0.3) is 0 Å². The van der Waals surface area contributed by atoms with E-state index in [1.165, 1.54) is 4.90 Å². The maximum absolute atomic E-state index is 12.3. The van der Waals surface area contributed by atoms with Gasteiger partial charge in [-0.25, -0.2) is 4.79 Å². The molecule has 1 N–H and O–H groups in total. The van der Waals surface area contributed by atoms with E-state index in [0.717, 1.165) is 5.56 Å². The molecule has 116 valence electrons. The third kappa shape index (κ3) is 2.95. The zero-order chi connectivity index (χ0) is 15.5. The second-order valence-corrected chi connectivity index (χ2v) is 5.69. The Morgan fingerprint density at radius 1 is 1.23 bits per heavy atom. The number of aryl methyl sites for hydroxylation is 1. The van der Waals surface area contributed by atoms with E-state index in [2.05, 4.69) is 5.32 Å². The van der Waals surface area contributed by atoms with Crippen molar-refractivity contribution in [2.75, 3.05) is 19.6 Å². The molecule has 4 amide bonds. The first-order valence-corrected chi connectivity index (χ1v) is 7.57. The maximum atomic E-state index is 12.3. The number of imide groups is 1. The van der Waals surface area contributed by atoms with E-state index in [1.807, 2.05) is 30.3 Å². The van der Waals surface area contributed by atoms with Gasteiger partial charge in [-0.15, -0.1) is 0 Å². The van der Waals surface area contributed by atoms with Gasteiger partial charge >= 0.3 is 6.03 Å². The van der Waals surface area contributed by atoms with Crippen LogP contribution in [0, 0.1) is 0 Å². The molecular formula is C16H19N3O3. The van der Waals surface area contributed by atoms with Crippen LogP contribution in [-0.4, -0.2) is 53.3 Å². The first kappa shape index (κ1) is 14.6. The molecule has 22 heavy (non-hydrogen) atoms. The van der Waals surface area contributed by atoms with Gasteiger partial charge in [0.05, 0.1) is 12.6 Å². The molecule has 1 aromatic carbocycles. The van der Waals surface area contributed by atoms with E-state index >= 15 is 0 Å². The number of likely N-dealkylation sites (tertiary alicyclic amines) is 1. The smallest absolute Gasteiger partial charge is 0.324 e. The van der Waals surface area contributed by atoms with Crippen molar-refractivity contribution < 1.29 is 14.4 Å². The van der Waals surface area contributed by atoms with Crippen LogP contribution < -0.4 is 5.32 Å². The number of hydrogen-bond acceptors (Lipinski definition) is 3. The van der Waals surface area contributed by atoms with Crippen molar-refractivity contribution in [1.29, 1.82) is 0 Å². The molecule has 0 saturated carbocycles. The largest absolute Gasteiger partial charge is 0.341 e. The number of nitrogens with one attached hydrogen (secondary N) is 1. The van der Waals surface area contributed by atoms with E-state index in [1.54, 1.807) is 4.90 Å². The Morgan fingerprint density at radius 2 is 2.00 bits per heavy atom. The SMILES string of the molecule is O=C(CCc1ccccc1)N1CCC(N2C(=O)CNC2=O)C1. The first-order chi connectivity index (χ1) is 10.6. The molecule has 2 saturated heterocycles. The number of nitrogens with zero attached hydrogens (tertiary/aromatic N) is 2. The highest BCUT2D eigenvalue weighted by Gasteiger charge is 2.39. The standard InChI is InChI=1S/C16H19N3O3/c20-14(7-6-12-4-2-1-3-5-12)18-9-8-13(11-18)19-15(21)10-17-16(19)22/h1-5,13H,6-11H2,(H,17,22). The molecule has 1 atom stereocenters. The van der Waals surface area contributed by atoms with Crippen molar-refractivity contribution >= 4 is 17.8 Å². The van der Waals surface area contributed by atoms with Crippen LogP contribution in [0.2, 0.25) is 0 Å². The second-order valence-electron chi connectivity index (χ2n) is 5.69. The number of urea groups is 1. The fraction of sp³-hybridized carbons (Fsp3) is 0.438. The maximum Gasteiger partial charge on any atom is 0.324 e. The van der Waals surface area contributed by atoms with Crippen LogP contribution in [0.4, 0.5) is 4.79 Å². The average molecular weight is 301 g/mol. The molecule has 2 heterocycles. The van der Waals surface area contributed by atoms with E-state index in [9.17, 15) is 14.4 Å². The lowest BCUT2D eigenvalue weighted by atomic mass is 10.1. The van der Waals surface area contributed by atoms with Crippen LogP contribution in [0.3, 0.4) is 0 Å². The Balaban J connectivity index is 1.53. The van der Waals surface area contributed by atoms with Gasteiger partial charge in [0, 0.05) is 19.5 Å². The summed E-state index contributed by atoms with van der Waals surface area (Å²) in [6.07, 6.45) is 1.83. The zero-order valence-electron chi connectivity index (χ0n) is 12.3. The molecule has 0 aromatic heterocycles. The monoisotopic (exact) mass is 301 g/mol. The van der Waals surface area contributed by atoms with Crippen LogP contribution in [0.5, 0.6) is 0 Å². The molecule has 2 aliphatic rings. The van der Waals surface area contributed by atoms with Crippen molar-refractivity contribution in [3.8, 4) is 0 Å². The summed E-state index contributed by atoms with van der Waals surface area (Å²) in [6.45, 7) is 1.12. The quantitative estimate of drug-likeness (QED) is 0.835.